The van der Waals surface area contributed by atoms with Gasteiger partial charge in [0.05, 0.1) is 12.2 Å². The lowest BCUT2D eigenvalue weighted by molar-refractivity contribution is -0.117. The minimum atomic E-state index is 0.0760. The molecule has 1 heterocycles. The molecule has 2 aromatic rings. The van der Waals surface area contributed by atoms with Crippen molar-refractivity contribution in [2.24, 2.45) is 0 Å². The fraction of sp³-hybridized carbons (Fsp3) is 0.235. The van der Waals surface area contributed by atoms with Crippen molar-refractivity contribution >= 4 is 40.6 Å². The third-order valence-electron chi connectivity index (χ3n) is 3.73. The summed E-state index contributed by atoms with van der Waals surface area (Å²) < 4.78 is 0. The maximum atomic E-state index is 12.6. The number of anilines is 2. The number of carbonyl (C=O) groups excluding carboxylic acids is 1. The summed E-state index contributed by atoms with van der Waals surface area (Å²) >= 11 is 7.90. The number of nitrogens with one attached hydrogen (secondary N) is 1. The number of hydrogen-bond donors (Lipinski definition) is 1. The molecule has 0 spiro atoms. The first-order valence-electron chi connectivity index (χ1n) is 7.18. The van der Waals surface area contributed by atoms with E-state index in [0.29, 0.717) is 5.02 Å². The van der Waals surface area contributed by atoms with Crippen molar-refractivity contribution in [3.63, 3.8) is 0 Å². The van der Waals surface area contributed by atoms with Crippen LogP contribution in [0.25, 0.3) is 0 Å². The molecule has 0 atom stereocenters. The van der Waals surface area contributed by atoms with Gasteiger partial charge in [0.15, 0.2) is 0 Å². The van der Waals surface area contributed by atoms with E-state index in [1.54, 1.807) is 11.8 Å². The highest BCUT2D eigenvalue weighted by Crippen LogP contribution is 2.34. The van der Waals surface area contributed by atoms with Gasteiger partial charge in [0.1, 0.15) is 0 Å². The van der Waals surface area contributed by atoms with Crippen molar-refractivity contribution in [1.29, 1.82) is 0 Å². The summed E-state index contributed by atoms with van der Waals surface area (Å²) in [4.78, 5) is 15.6. The van der Waals surface area contributed by atoms with Gasteiger partial charge in [0.25, 0.3) is 0 Å². The van der Waals surface area contributed by atoms with Crippen LogP contribution in [0.1, 0.15) is 5.56 Å². The monoisotopic (exact) mass is 332 g/mol. The van der Waals surface area contributed by atoms with Crippen LogP contribution in [0, 0.1) is 6.92 Å². The molecule has 5 heteroatoms. The molecule has 0 saturated heterocycles. The van der Waals surface area contributed by atoms with Gasteiger partial charge >= 0.3 is 0 Å². The van der Waals surface area contributed by atoms with Gasteiger partial charge in [0.2, 0.25) is 5.91 Å². The first kappa shape index (κ1) is 15.3. The van der Waals surface area contributed by atoms with Gasteiger partial charge in [-0.05, 0) is 36.8 Å². The van der Waals surface area contributed by atoms with Crippen LogP contribution in [0.15, 0.2) is 47.4 Å². The first-order valence-corrected chi connectivity index (χ1v) is 8.54. The van der Waals surface area contributed by atoms with Crippen LogP contribution in [-0.2, 0) is 4.79 Å². The number of amides is 1. The summed E-state index contributed by atoms with van der Waals surface area (Å²) in [5.41, 5.74) is 2.88. The van der Waals surface area contributed by atoms with E-state index in [1.807, 2.05) is 48.2 Å². The fourth-order valence-corrected chi connectivity index (χ4v) is 3.66. The van der Waals surface area contributed by atoms with Gasteiger partial charge in [-0.15, -0.1) is 11.8 Å². The van der Waals surface area contributed by atoms with Crippen molar-refractivity contribution in [3.05, 3.63) is 53.1 Å². The zero-order valence-electron chi connectivity index (χ0n) is 12.3. The van der Waals surface area contributed by atoms with Gasteiger partial charge in [-0.1, -0.05) is 29.8 Å². The van der Waals surface area contributed by atoms with E-state index < -0.39 is 0 Å². The number of rotatable bonds is 3. The van der Waals surface area contributed by atoms with Crippen LogP contribution in [0.5, 0.6) is 0 Å². The Morgan fingerprint density at radius 1 is 1.27 bits per heavy atom. The van der Waals surface area contributed by atoms with Crippen LogP contribution in [-0.4, -0.2) is 24.7 Å². The lowest BCUT2D eigenvalue weighted by Crippen LogP contribution is -2.39. The van der Waals surface area contributed by atoms with Crippen molar-refractivity contribution in [1.82, 2.24) is 0 Å². The Bertz CT molecular complexity index is 705. The zero-order valence-corrected chi connectivity index (χ0v) is 13.9. The zero-order chi connectivity index (χ0) is 15.5. The molecular weight excluding hydrogens is 316 g/mol. The molecule has 1 amide bonds. The number of carbonyl (C=O) groups is 1. The molecule has 3 nitrogen and oxygen atoms in total. The Labute approximate surface area is 139 Å². The van der Waals surface area contributed by atoms with Gasteiger partial charge in [-0.2, -0.15) is 0 Å². The minimum absolute atomic E-state index is 0.0760. The third kappa shape index (κ3) is 3.08. The van der Waals surface area contributed by atoms with Gasteiger partial charge in [-0.25, -0.2) is 0 Å². The first-order chi connectivity index (χ1) is 10.7. The number of fused-ring (bicyclic) bond motifs is 1. The van der Waals surface area contributed by atoms with E-state index in [0.717, 1.165) is 29.2 Å². The number of para-hydroxylation sites is 1. The quantitative estimate of drug-likeness (QED) is 0.914. The van der Waals surface area contributed by atoms with Crippen LogP contribution < -0.4 is 10.2 Å². The summed E-state index contributed by atoms with van der Waals surface area (Å²) in [6, 6.07) is 13.7. The molecule has 0 saturated carbocycles. The maximum Gasteiger partial charge on any atom is 0.246 e. The SMILES string of the molecule is Cc1c(Cl)cccc1NCC(=O)N1CCSc2ccccc21. The highest BCUT2D eigenvalue weighted by atomic mass is 35.5. The van der Waals surface area contributed by atoms with Crippen molar-refractivity contribution < 1.29 is 4.79 Å². The van der Waals surface area contributed by atoms with E-state index >= 15 is 0 Å². The Kier molecular flexibility index (Phi) is 4.60. The lowest BCUT2D eigenvalue weighted by Gasteiger charge is -2.29. The molecule has 114 valence electrons. The van der Waals surface area contributed by atoms with E-state index in [9.17, 15) is 4.79 Å². The predicted molar refractivity (Wildman–Crippen MR) is 94.2 cm³/mol. The van der Waals surface area contributed by atoms with Crippen LogP contribution in [0.4, 0.5) is 11.4 Å². The molecule has 0 fully saturated rings. The number of halogens is 1. The third-order valence-corrected chi connectivity index (χ3v) is 5.18. The number of nitrogens with zero attached hydrogens (tertiary/aromatic N) is 1. The smallest absolute Gasteiger partial charge is 0.246 e. The van der Waals surface area contributed by atoms with Gasteiger partial charge in [-0.3, -0.25) is 4.79 Å². The molecule has 1 aliphatic heterocycles. The highest BCUT2D eigenvalue weighted by molar-refractivity contribution is 7.99. The molecule has 3 rings (SSSR count). The average Bonchev–Trinajstić information content (AvgIpc) is 2.55. The van der Waals surface area contributed by atoms with Crippen molar-refractivity contribution in [2.45, 2.75) is 11.8 Å². The van der Waals surface area contributed by atoms with Gasteiger partial charge < -0.3 is 10.2 Å². The van der Waals surface area contributed by atoms with Crippen LogP contribution >= 0.6 is 23.4 Å². The fourth-order valence-electron chi connectivity index (χ4n) is 2.49. The Balaban J connectivity index is 1.72. The second kappa shape index (κ2) is 6.63. The topological polar surface area (TPSA) is 32.3 Å². The van der Waals surface area contributed by atoms with Crippen molar-refractivity contribution in [2.75, 3.05) is 29.1 Å². The second-order valence-corrected chi connectivity index (χ2v) is 6.67. The number of hydrogen-bond acceptors (Lipinski definition) is 3. The molecule has 1 aliphatic rings. The van der Waals surface area contributed by atoms with Crippen molar-refractivity contribution in [3.8, 4) is 0 Å². The molecule has 22 heavy (non-hydrogen) atoms. The summed E-state index contributed by atoms with van der Waals surface area (Å²) in [5, 5.41) is 3.90. The standard InChI is InChI=1S/C17H17ClN2OS/c1-12-13(18)5-4-6-14(12)19-11-17(21)20-9-10-22-16-8-3-2-7-15(16)20/h2-8,19H,9-11H2,1H3. The van der Waals surface area contributed by atoms with E-state index in [2.05, 4.69) is 11.4 Å². The predicted octanol–water partition coefficient (Wildman–Crippen LogP) is 4.20. The Hall–Kier alpha value is -1.65. The highest BCUT2D eigenvalue weighted by Gasteiger charge is 2.22. The summed E-state index contributed by atoms with van der Waals surface area (Å²) in [6.45, 7) is 2.96. The summed E-state index contributed by atoms with van der Waals surface area (Å²) in [6.07, 6.45) is 0. The van der Waals surface area contributed by atoms with Crippen LogP contribution in [0.2, 0.25) is 5.02 Å². The van der Waals surface area contributed by atoms with E-state index in [4.69, 9.17) is 11.6 Å². The number of thioether (sulfide) groups is 1. The lowest BCUT2D eigenvalue weighted by atomic mass is 10.2. The largest absolute Gasteiger partial charge is 0.376 e. The summed E-state index contributed by atoms with van der Waals surface area (Å²) in [7, 11) is 0. The number of benzene rings is 2. The normalized spacial score (nSPS) is 13.6. The maximum absolute atomic E-state index is 12.6. The molecule has 0 radical (unpaired) electrons. The molecule has 0 aromatic heterocycles. The van der Waals surface area contributed by atoms with E-state index in [-0.39, 0.29) is 12.5 Å². The molecule has 0 aliphatic carbocycles. The van der Waals surface area contributed by atoms with Crippen LogP contribution in [0.3, 0.4) is 0 Å². The molecule has 0 bridgehead atoms. The molecule has 0 unspecified atom stereocenters. The average molecular weight is 333 g/mol. The van der Waals surface area contributed by atoms with E-state index in [1.165, 1.54) is 4.90 Å². The Morgan fingerprint density at radius 2 is 2.09 bits per heavy atom. The molecule has 1 N–H and O–H groups in total. The Morgan fingerprint density at radius 3 is 2.95 bits per heavy atom. The summed E-state index contributed by atoms with van der Waals surface area (Å²) in [5.74, 6) is 1.01. The van der Waals surface area contributed by atoms with Gasteiger partial charge in [0, 0.05) is 27.9 Å². The molecule has 2 aromatic carbocycles. The molecular formula is C17H17ClN2OS. The minimum Gasteiger partial charge on any atom is -0.376 e. The second-order valence-electron chi connectivity index (χ2n) is 5.13.